The van der Waals surface area contributed by atoms with Gasteiger partial charge >= 0.3 is 6.03 Å². The van der Waals surface area contributed by atoms with Crippen LogP contribution in [-0.4, -0.2) is 46.7 Å². The average molecular weight is 383 g/mol. The van der Waals surface area contributed by atoms with Gasteiger partial charge in [-0.15, -0.1) is 11.3 Å². The van der Waals surface area contributed by atoms with Gasteiger partial charge in [0, 0.05) is 55.7 Å². The summed E-state index contributed by atoms with van der Waals surface area (Å²) in [5.74, 6) is 0.974. The fraction of sp³-hybridized carbons (Fsp3) is 0.316. The van der Waals surface area contributed by atoms with Crippen LogP contribution in [0.4, 0.5) is 16.3 Å². The number of hydrogen-bond acceptors (Lipinski definition) is 5. The highest BCUT2D eigenvalue weighted by Gasteiger charge is 2.24. The summed E-state index contributed by atoms with van der Waals surface area (Å²) in [4.78, 5) is 33.4. The van der Waals surface area contributed by atoms with E-state index in [9.17, 15) is 9.59 Å². The minimum absolute atomic E-state index is 0.199. The molecule has 0 saturated carbocycles. The van der Waals surface area contributed by atoms with Crippen molar-refractivity contribution in [3.63, 3.8) is 0 Å². The van der Waals surface area contributed by atoms with Crippen molar-refractivity contribution in [3.8, 4) is 0 Å². The van der Waals surface area contributed by atoms with Gasteiger partial charge in [0.1, 0.15) is 11.5 Å². The third kappa shape index (κ3) is 3.28. The van der Waals surface area contributed by atoms with Gasteiger partial charge in [-0.25, -0.2) is 9.78 Å². The monoisotopic (exact) mass is 383 g/mol. The molecular formula is C19H21N5O2S. The number of carbonyl (C=O) groups excluding carboxylic acids is 1. The zero-order chi connectivity index (χ0) is 19.0. The van der Waals surface area contributed by atoms with Crippen molar-refractivity contribution in [2.45, 2.75) is 6.92 Å². The Morgan fingerprint density at radius 2 is 1.96 bits per heavy atom. The molecule has 27 heavy (non-hydrogen) atoms. The van der Waals surface area contributed by atoms with Crippen LogP contribution >= 0.6 is 11.3 Å². The summed E-state index contributed by atoms with van der Waals surface area (Å²) in [6.07, 6.45) is 3.53. The highest BCUT2D eigenvalue weighted by Crippen LogP contribution is 2.29. The first-order valence-electron chi connectivity index (χ1n) is 8.84. The van der Waals surface area contributed by atoms with Gasteiger partial charge in [-0.1, -0.05) is 0 Å². The molecule has 0 bridgehead atoms. The van der Waals surface area contributed by atoms with Crippen LogP contribution in [-0.2, 0) is 7.05 Å². The number of fused-ring (bicyclic) bond motifs is 1. The Hall–Kier alpha value is -2.87. The van der Waals surface area contributed by atoms with E-state index in [1.165, 1.54) is 9.27 Å². The number of anilines is 2. The van der Waals surface area contributed by atoms with Crippen LogP contribution in [0.5, 0.6) is 0 Å². The second-order valence-corrected chi connectivity index (χ2v) is 7.61. The zero-order valence-corrected chi connectivity index (χ0v) is 16.1. The lowest BCUT2D eigenvalue weighted by Crippen LogP contribution is -2.50. The number of thiophene rings is 1. The second kappa shape index (κ2) is 7.03. The maximum atomic E-state index is 12.6. The molecule has 1 N–H and O–H groups in total. The van der Waals surface area contributed by atoms with Crippen molar-refractivity contribution < 1.29 is 4.79 Å². The van der Waals surface area contributed by atoms with Crippen LogP contribution in [0.15, 0.2) is 40.8 Å². The van der Waals surface area contributed by atoms with Crippen LogP contribution in [0.2, 0.25) is 0 Å². The van der Waals surface area contributed by atoms with E-state index in [0.717, 1.165) is 16.8 Å². The van der Waals surface area contributed by atoms with Crippen molar-refractivity contribution in [3.05, 3.63) is 51.9 Å². The molecule has 1 aliphatic rings. The maximum absolute atomic E-state index is 12.6. The number of nitrogens with zero attached hydrogens (tertiary/aromatic N) is 4. The van der Waals surface area contributed by atoms with E-state index in [1.807, 2.05) is 25.3 Å². The standard InChI is InChI=1S/C19H21N5O2S/c1-13-4-7-22(2)18(25)16(13)21-19(26)24-10-8-23(9-11-24)17-14-5-12-27-15(14)3-6-20-17/h3-7,12H,8-11H2,1-2H3,(H,21,26). The minimum Gasteiger partial charge on any atom is -0.353 e. The fourth-order valence-electron chi connectivity index (χ4n) is 3.31. The Morgan fingerprint density at radius 1 is 1.19 bits per heavy atom. The normalized spacial score (nSPS) is 14.6. The number of piperazine rings is 1. The fourth-order valence-corrected chi connectivity index (χ4v) is 4.09. The molecule has 7 nitrogen and oxygen atoms in total. The number of rotatable bonds is 2. The Bertz CT molecular complexity index is 1050. The first-order chi connectivity index (χ1) is 13.0. The van der Waals surface area contributed by atoms with Crippen LogP contribution in [0.1, 0.15) is 5.56 Å². The molecule has 2 amide bonds. The summed E-state index contributed by atoms with van der Waals surface area (Å²) in [7, 11) is 1.67. The number of pyridine rings is 2. The molecule has 1 fully saturated rings. The Labute approximate surface area is 160 Å². The van der Waals surface area contributed by atoms with Crippen molar-refractivity contribution in [1.82, 2.24) is 14.5 Å². The van der Waals surface area contributed by atoms with Gasteiger partial charge in [-0.05, 0) is 36.1 Å². The Kier molecular flexibility index (Phi) is 4.57. The average Bonchev–Trinajstić information content (AvgIpc) is 3.17. The van der Waals surface area contributed by atoms with Crippen LogP contribution in [0, 0.1) is 6.92 Å². The molecule has 3 aromatic heterocycles. The smallest absolute Gasteiger partial charge is 0.322 e. The molecule has 3 aromatic rings. The topological polar surface area (TPSA) is 70.5 Å². The van der Waals surface area contributed by atoms with E-state index in [2.05, 4.69) is 26.6 Å². The van der Waals surface area contributed by atoms with Crippen molar-refractivity contribution in [2.75, 3.05) is 36.4 Å². The lowest BCUT2D eigenvalue weighted by molar-refractivity contribution is 0.208. The minimum atomic E-state index is -0.234. The Morgan fingerprint density at radius 3 is 2.74 bits per heavy atom. The Balaban J connectivity index is 1.45. The van der Waals surface area contributed by atoms with Crippen LogP contribution in [0.25, 0.3) is 10.1 Å². The van der Waals surface area contributed by atoms with Crippen molar-refractivity contribution in [1.29, 1.82) is 0 Å². The van der Waals surface area contributed by atoms with E-state index in [1.54, 1.807) is 29.5 Å². The summed E-state index contributed by atoms with van der Waals surface area (Å²) in [6, 6.07) is 5.70. The molecule has 0 radical (unpaired) electrons. The van der Waals surface area contributed by atoms with Crippen molar-refractivity contribution in [2.24, 2.45) is 7.05 Å². The molecule has 0 aliphatic carbocycles. The SMILES string of the molecule is Cc1ccn(C)c(=O)c1NC(=O)N1CCN(c2nccc3sccc23)CC1. The van der Waals surface area contributed by atoms with E-state index >= 15 is 0 Å². The van der Waals surface area contributed by atoms with Gasteiger partial charge in [0.25, 0.3) is 5.56 Å². The van der Waals surface area contributed by atoms with Gasteiger partial charge < -0.3 is 19.7 Å². The third-order valence-electron chi connectivity index (χ3n) is 4.93. The second-order valence-electron chi connectivity index (χ2n) is 6.66. The molecule has 0 spiro atoms. The largest absolute Gasteiger partial charge is 0.353 e. The zero-order valence-electron chi connectivity index (χ0n) is 15.3. The van der Waals surface area contributed by atoms with Crippen LogP contribution in [0.3, 0.4) is 0 Å². The van der Waals surface area contributed by atoms with Gasteiger partial charge in [0.2, 0.25) is 0 Å². The number of carbonyl (C=O) groups is 1. The lowest BCUT2D eigenvalue weighted by atomic mass is 10.2. The number of amides is 2. The van der Waals surface area contributed by atoms with E-state index in [-0.39, 0.29) is 11.6 Å². The highest BCUT2D eigenvalue weighted by molar-refractivity contribution is 7.17. The summed E-state index contributed by atoms with van der Waals surface area (Å²) in [5.41, 5.74) is 0.908. The molecule has 4 rings (SSSR count). The lowest BCUT2D eigenvalue weighted by Gasteiger charge is -2.35. The summed E-state index contributed by atoms with van der Waals surface area (Å²) in [6.45, 7) is 4.41. The first kappa shape index (κ1) is 17.5. The quantitative estimate of drug-likeness (QED) is 0.739. The number of aromatic nitrogens is 2. The van der Waals surface area contributed by atoms with E-state index in [4.69, 9.17) is 0 Å². The third-order valence-corrected chi connectivity index (χ3v) is 5.82. The van der Waals surface area contributed by atoms with Gasteiger partial charge in [-0.2, -0.15) is 0 Å². The predicted octanol–water partition coefficient (Wildman–Crippen LogP) is 2.66. The van der Waals surface area contributed by atoms with E-state index in [0.29, 0.717) is 31.9 Å². The molecule has 1 aliphatic heterocycles. The molecule has 0 atom stereocenters. The molecule has 4 heterocycles. The maximum Gasteiger partial charge on any atom is 0.322 e. The van der Waals surface area contributed by atoms with Crippen LogP contribution < -0.4 is 15.8 Å². The molecule has 0 unspecified atom stereocenters. The van der Waals surface area contributed by atoms with Gasteiger partial charge in [0.15, 0.2) is 0 Å². The number of aryl methyl sites for hydroxylation is 2. The number of nitrogens with one attached hydrogen (secondary N) is 1. The molecule has 8 heteroatoms. The van der Waals surface area contributed by atoms with E-state index < -0.39 is 0 Å². The van der Waals surface area contributed by atoms with Gasteiger partial charge in [-0.3, -0.25) is 4.79 Å². The predicted molar refractivity (Wildman–Crippen MR) is 109 cm³/mol. The molecule has 140 valence electrons. The molecule has 1 saturated heterocycles. The molecular weight excluding hydrogens is 362 g/mol. The number of urea groups is 1. The summed E-state index contributed by atoms with van der Waals surface area (Å²) in [5, 5.41) is 6.02. The summed E-state index contributed by atoms with van der Waals surface area (Å²) >= 11 is 1.70. The number of hydrogen-bond donors (Lipinski definition) is 1. The van der Waals surface area contributed by atoms with Crippen molar-refractivity contribution >= 4 is 39.0 Å². The first-order valence-corrected chi connectivity index (χ1v) is 9.72. The van der Waals surface area contributed by atoms with Gasteiger partial charge in [0.05, 0.1) is 0 Å². The summed E-state index contributed by atoms with van der Waals surface area (Å²) < 4.78 is 2.68. The highest BCUT2D eigenvalue weighted by atomic mass is 32.1. The molecule has 0 aromatic carbocycles.